The summed E-state index contributed by atoms with van der Waals surface area (Å²) in [4.78, 5) is 46.2. The van der Waals surface area contributed by atoms with E-state index >= 15 is 0 Å². The monoisotopic (exact) mass is 808 g/mol. The van der Waals surface area contributed by atoms with Crippen molar-refractivity contribution in [1.82, 2.24) is 19.5 Å². The molecule has 300 valence electrons. The maximum atomic E-state index is 14.1. The highest BCUT2D eigenvalue weighted by atomic mass is 32.2. The van der Waals surface area contributed by atoms with Crippen molar-refractivity contribution in [3.8, 4) is 22.6 Å². The third kappa shape index (κ3) is 9.58. The molecule has 6 aromatic rings. The van der Waals surface area contributed by atoms with E-state index in [1.54, 1.807) is 74.8 Å². The van der Waals surface area contributed by atoms with Gasteiger partial charge in [-0.3, -0.25) is 9.59 Å². The van der Waals surface area contributed by atoms with Crippen LogP contribution in [0.5, 0.6) is 11.5 Å². The van der Waals surface area contributed by atoms with Crippen LogP contribution in [0.4, 0.5) is 26.5 Å². The smallest absolute Gasteiger partial charge is 0.407 e. The Labute approximate surface area is 334 Å². The Balaban J connectivity index is 1.24. The Morgan fingerprint density at radius 1 is 0.897 bits per heavy atom. The summed E-state index contributed by atoms with van der Waals surface area (Å²) in [5, 5.41) is 17.4. The molecule has 2 N–H and O–H groups in total. The van der Waals surface area contributed by atoms with E-state index in [1.807, 2.05) is 18.2 Å². The zero-order chi connectivity index (χ0) is 41.6. The van der Waals surface area contributed by atoms with Crippen LogP contribution < -0.4 is 19.7 Å². The van der Waals surface area contributed by atoms with Crippen LogP contribution in [0.3, 0.4) is 0 Å². The molecular formula is C42H41FN6O8S. The number of anilines is 3. The number of pyridine rings is 1. The molecule has 0 radical (unpaired) electrons. The summed E-state index contributed by atoms with van der Waals surface area (Å²) in [5.41, 5.74) is 4.15. The van der Waals surface area contributed by atoms with Crippen molar-refractivity contribution in [1.29, 1.82) is 0 Å². The van der Waals surface area contributed by atoms with Gasteiger partial charge in [-0.05, 0) is 90.7 Å². The van der Waals surface area contributed by atoms with Crippen LogP contribution in [0.2, 0.25) is 0 Å². The van der Waals surface area contributed by atoms with Crippen molar-refractivity contribution >= 4 is 50.7 Å². The molecule has 0 aliphatic carbocycles. The molecule has 1 atom stereocenters. The van der Waals surface area contributed by atoms with Gasteiger partial charge in [-0.25, -0.2) is 27.0 Å². The van der Waals surface area contributed by atoms with E-state index in [0.29, 0.717) is 22.6 Å². The predicted molar refractivity (Wildman–Crippen MR) is 216 cm³/mol. The zero-order valence-corrected chi connectivity index (χ0v) is 32.9. The van der Waals surface area contributed by atoms with Crippen LogP contribution >= 0.6 is 0 Å². The van der Waals surface area contributed by atoms with E-state index in [2.05, 4.69) is 15.4 Å². The van der Waals surface area contributed by atoms with E-state index in [9.17, 15) is 32.3 Å². The molecule has 0 spiro atoms. The predicted octanol–water partition coefficient (Wildman–Crippen LogP) is 7.32. The average molecular weight is 809 g/mol. The summed E-state index contributed by atoms with van der Waals surface area (Å²) in [6, 6.07) is 27.7. The minimum absolute atomic E-state index is 0.0169. The molecule has 0 saturated carbocycles. The molecule has 58 heavy (non-hydrogen) atoms. The van der Waals surface area contributed by atoms with Gasteiger partial charge in [0.05, 0.1) is 30.7 Å². The highest BCUT2D eigenvalue weighted by molar-refractivity contribution is 7.90. The van der Waals surface area contributed by atoms with Crippen molar-refractivity contribution in [3.63, 3.8) is 0 Å². The lowest BCUT2D eigenvalue weighted by Gasteiger charge is -2.23. The van der Waals surface area contributed by atoms with E-state index in [0.717, 1.165) is 22.9 Å². The summed E-state index contributed by atoms with van der Waals surface area (Å²) < 4.78 is 50.4. The van der Waals surface area contributed by atoms with Crippen molar-refractivity contribution < 1.29 is 41.8 Å². The van der Waals surface area contributed by atoms with Crippen LogP contribution in [0.15, 0.2) is 114 Å². The lowest BCUT2D eigenvalue weighted by atomic mass is 10.00. The number of nitrogens with one attached hydrogen (secondary N) is 1. The van der Waals surface area contributed by atoms with Gasteiger partial charge in [0.15, 0.2) is 15.5 Å². The van der Waals surface area contributed by atoms with Crippen molar-refractivity contribution in [2.24, 2.45) is 0 Å². The van der Waals surface area contributed by atoms with Gasteiger partial charge in [0.2, 0.25) is 11.8 Å². The number of hydrogen-bond donors (Lipinski definition) is 2. The van der Waals surface area contributed by atoms with Gasteiger partial charge >= 0.3 is 6.09 Å². The second-order valence-corrected chi connectivity index (χ2v) is 15.5. The molecule has 4 aromatic carbocycles. The third-order valence-electron chi connectivity index (χ3n) is 9.46. The molecule has 0 saturated heterocycles. The minimum atomic E-state index is -3.62. The van der Waals surface area contributed by atoms with E-state index in [-0.39, 0.29) is 59.9 Å². The number of fused-ring (bicyclic) bond motifs is 1. The average Bonchev–Trinajstić information content (AvgIpc) is 3.63. The first-order valence-corrected chi connectivity index (χ1v) is 20.0. The number of nitrogens with zero attached hydrogens (tertiary/aromatic N) is 5. The number of carbonyl (C=O) groups excluding carboxylic acids is 2. The summed E-state index contributed by atoms with van der Waals surface area (Å²) >= 11 is 0. The fraction of sp³-hybridized carbons (Fsp3) is 0.214. The molecule has 6 rings (SSSR count). The first-order valence-electron chi connectivity index (χ1n) is 18.1. The van der Waals surface area contributed by atoms with Gasteiger partial charge in [-0.1, -0.05) is 36.4 Å². The standard InChI is InChI=1S/C42H41FN6O8S/c1-27(29-9-14-32(43)15-10-29)40(51)44-33-16-11-30(12-17-33)31-13-22-38-45-41(46-48(38)26-31)49(36-21-20-35(58(4,54)55)24-37(36)57-3)39(50)6-5-23-47(42(52)53)25-28-7-18-34(56-2)19-8-28/h7-22,24,26-27H,5-6,23,25H2,1-4H3,(H,44,51)(H,52,53)/t27-/m1/s1. The topological polar surface area (TPSA) is 173 Å². The number of amides is 3. The number of aromatic nitrogens is 3. The van der Waals surface area contributed by atoms with Gasteiger partial charge in [-0.2, -0.15) is 4.98 Å². The number of methoxy groups -OCH3 is 2. The van der Waals surface area contributed by atoms with Crippen LogP contribution in [0.1, 0.15) is 36.8 Å². The Morgan fingerprint density at radius 2 is 1.59 bits per heavy atom. The lowest BCUT2D eigenvalue weighted by Crippen LogP contribution is -2.32. The van der Waals surface area contributed by atoms with E-state index < -0.39 is 27.8 Å². The van der Waals surface area contributed by atoms with Crippen LogP contribution in [-0.2, 0) is 26.0 Å². The van der Waals surface area contributed by atoms with Gasteiger partial charge in [-0.15, -0.1) is 5.10 Å². The van der Waals surface area contributed by atoms with E-state index in [4.69, 9.17) is 9.47 Å². The normalized spacial score (nSPS) is 11.8. The van der Waals surface area contributed by atoms with Crippen molar-refractivity contribution in [2.75, 3.05) is 37.2 Å². The number of halogens is 1. The molecule has 0 fully saturated rings. The summed E-state index contributed by atoms with van der Waals surface area (Å²) in [5.74, 6) is -0.902. The van der Waals surface area contributed by atoms with Crippen LogP contribution in [0.25, 0.3) is 16.8 Å². The third-order valence-corrected chi connectivity index (χ3v) is 10.6. The van der Waals surface area contributed by atoms with Crippen LogP contribution in [-0.4, -0.2) is 78.0 Å². The summed E-state index contributed by atoms with van der Waals surface area (Å²) in [7, 11) is -0.728. The molecular weight excluding hydrogens is 768 g/mol. The second-order valence-electron chi connectivity index (χ2n) is 13.5. The molecule has 0 unspecified atom stereocenters. The quantitative estimate of drug-likeness (QED) is 0.107. The molecule has 3 amide bonds. The Hall–Kier alpha value is -6.81. The van der Waals surface area contributed by atoms with Crippen LogP contribution in [0, 0.1) is 5.82 Å². The van der Waals surface area contributed by atoms with Gasteiger partial charge in [0, 0.05) is 49.3 Å². The summed E-state index contributed by atoms with van der Waals surface area (Å²) in [6.45, 7) is 1.89. The van der Waals surface area contributed by atoms with E-state index in [1.165, 1.54) is 51.8 Å². The first-order chi connectivity index (χ1) is 27.7. The van der Waals surface area contributed by atoms with Crippen molar-refractivity contribution in [3.05, 3.63) is 126 Å². The molecule has 2 heterocycles. The number of rotatable bonds is 15. The first kappa shape index (κ1) is 40.8. The zero-order valence-electron chi connectivity index (χ0n) is 32.1. The number of carboxylic acid groups (broad SMARTS) is 1. The number of carbonyl (C=O) groups is 3. The van der Waals surface area contributed by atoms with Gasteiger partial charge < -0.3 is 24.8 Å². The Bertz CT molecular complexity index is 2550. The fourth-order valence-electron chi connectivity index (χ4n) is 6.19. The van der Waals surface area contributed by atoms with Crippen molar-refractivity contribution in [2.45, 2.75) is 37.1 Å². The maximum Gasteiger partial charge on any atom is 0.407 e. The number of benzene rings is 4. The number of hydrogen-bond acceptors (Lipinski definition) is 9. The minimum Gasteiger partial charge on any atom is -0.497 e. The van der Waals surface area contributed by atoms with Gasteiger partial charge in [0.25, 0.3) is 5.95 Å². The maximum absolute atomic E-state index is 14.1. The molecule has 0 aliphatic rings. The summed E-state index contributed by atoms with van der Waals surface area (Å²) in [6.07, 6.45) is 1.68. The Morgan fingerprint density at radius 3 is 2.22 bits per heavy atom. The second kappa shape index (κ2) is 17.5. The molecule has 14 nitrogen and oxygen atoms in total. The molecule has 2 aromatic heterocycles. The largest absolute Gasteiger partial charge is 0.497 e. The number of ether oxygens (including phenoxy) is 2. The molecule has 0 bridgehead atoms. The highest BCUT2D eigenvalue weighted by Crippen LogP contribution is 2.36. The molecule has 16 heteroatoms. The fourth-order valence-corrected chi connectivity index (χ4v) is 6.83. The Kier molecular flexibility index (Phi) is 12.4. The lowest BCUT2D eigenvalue weighted by molar-refractivity contribution is -0.118. The van der Waals surface area contributed by atoms with Gasteiger partial charge in [0.1, 0.15) is 17.3 Å². The molecule has 0 aliphatic heterocycles. The highest BCUT2D eigenvalue weighted by Gasteiger charge is 2.27. The SMILES string of the molecule is COc1ccc(CN(CCCC(=O)N(c2nc3ccc(-c4ccc(NC(=O)[C@H](C)c5ccc(F)cc5)cc4)cn3n2)c2ccc(S(C)(=O)=O)cc2OC)C(=O)O)cc1. The number of sulfone groups is 1.